The Morgan fingerprint density at radius 1 is 1.34 bits per heavy atom. The third kappa shape index (κ3) is 3.63. The molecule has 9 nitrogen and oxygen atoms in total. The highest BCUT2D eigenvalue weighted by Crippen LogP contribution is 2.26. The maximum Gasteiger partial charge on any atom is 0.256 e. The average molecular weight is 393 g/mol. The number of hydrogen-bond acceptors (Lipinski definition) is 6. The van der Waals surface area contributed by atoms with Crippen LogP contribution in [0.15, 0.2) is 30.6 Å². The van der Waals surface area contributed by atoms with Crippen molar-refractivity contribution >= 4 is 34.4 Å². The van der Waals surface area contributed by atoms with E-state index >= 15 is 0 Å². The van der Waals surface area contributed by atoms with Gasteiger partial charge in [-0.1, -0.05) is 0 Å². The molecular weight excluding hydrogens is 370 g/mol. The highest BCUT2D eigenvalue weighted by molar-refractivity contribution is 6.12. The number of nitrogens with zero attached hydrogens (tertiary/aromatic N) is 5. The number of amides is 2. The Bertz CT molecular complexity index is 1090. The lowest BCUT2D eigenvalue weighted by Gasteiger charge is -2.29. The van der Waals surface area contributed by atoms with E-state index in [0.29, 0.717) is 41.2 Å². The topological polar surface area (TPSA) is 105 Å². The van der Waals surface area contributed by atoms with Crippen molar-refractivity contribution in [2.75, 3.05) is 29.9 Å². The Kier molecular flexibility index (Phi) is 4.87. The fourth-order valence-corrected chi connectivity index (χ4v) is 3.46. The van der Waals surface area contributed by atoms with E-state index in [4.69, 9.17) is 0 Å². The lowest BCUT2D eigenvalue weighted by atomic mass is 10.1. The van der Waals surface area contributed by atoms with Gasteiger partial charge in [0.25, 0.3) is 5.91 Å². The third-order valence-electron chi connectivity index (χ3n) is 4.80. The minimum Gasteiger partial charge on any atom is -0.353 e. The predicted octanol–water partition coefficient (Wildman–Crippen LogP) is 1.90. The molecule has 9 heteroatoms. The summed E-state index contributed by atoms with van der Waals surface area (Å²) in [4.78, 5) is 35.7. The lowest BCUT2D eigenvalue weighted by Crippen LogP contribution is -2.48. The molecule has 3 aromatic heterocycles. The molecule has 0 radical (unpaired) electrons. The highest BCUT2D eigenvalue weighted by Gasteiger charge is 2.22. The van der Waals surface area contributed by atoms with E-state index in [-0.39, 0.29) is 24.4 Å². The third-order valence-corrected chi connectivity index (χ3v) is 4.80. The minimum atomic E-state index is -0.264. The molecule has 0 aliphatic carbocycles. The molecule has 29 heavy (non-hydrogen) atoms. The monoisotopic (exact) mass is 393 g/mol. The van der Waals surface area contributed by atoms with Crippen molar-refractivity contribution < 1.29 is 9.59 Å². The zero-order valence-electron chi connectivity index (χ0n) is 16.6. The number of nitrogens with one attached hydrogen (secondary N) is 2. The van der Waals surface area contributed by atoms with Gasteiger partial charge in [0.15, 0.2) is 11.5 Å². The first kappa shape index (κ1) is 18.9. The molecular formula is C20H23N7O2. The van der Waals surface area contributed by atoms with Crippen LogP contribution in [0, 0.1) is 6.92 Å². The van der Waals surface area contributed by atoms with Crippen molar-refractivity contribution in [1.82, 2.24) is 25.1 Å². The predicted molar refractivity (Wildman–Crippen MR) is 110 cm³/mol. The molecule has 1 aliphatic rings. The first-order valence-electron chi connectivity index (χ1n) is 9.57. The van der Waals surface area contributed by atoms with Crippen LogP contribution in [0.25, 0.3) is 11.0 Å². The molecule has 1 aliphatic heterocycles. The Balaban J connectivity index is 1.68. The zero-order chi connectivity index (χ0) is 20.5. The molecule has 0 atom stereocenters. The van der Waals surface area contributed by atoms with Gasteiger partial charge in [-0.05, 0) is 39.0 Å². The fraction of sp³-hybridized carbons (Fsp3) is 0.350. The first-order valence-corrected chi connectivity index (χ1v) is 9.57. The molecule has 150 valence electrons. The Hall–Kier alpha value is -3.49. The highest BCUT2D eigenvalue weighted by atomic mass is 16.2. The van der Waals surface area contributed by atoms with Crippen LogP contribution in [0.3, 0.4) is 0 Å². The van der Waals surface area contributed by atoms with Crippen molar-refractivity contribution in [2.24, 2.45) is 0 Å². The summed E-state index contributed by atoms with van der Waals surface area (Å²) in [6, 6.07) is 5.44. The maximum atomic E-state index is 13.2. The Morgan fingerprint density at radius 3 is 2.93 bits per heavy atom. The van der Waals surface area contributed by atoms with Gasteiger partial charge in [-0.3, -0.25) is 9.59 Å². The SMILES string of the molecule is Cc1cc(C(=O)Nc2cccnc2N2CCNC(=O)C2)c2cnn(C(C)C)c2n1. The molecule has 3 aromatic rings. The van der Waals surface area contributed by atoms with E-state index in [1.165, 1.54) is 0 Å². The van der Waals surface area contributed by atoms with Crippen molar-refractivity contribution in [3.8, 4) is 0 Å². The number of pyridine rings is 2. The van der Waals surface area contributed by atoms with Gasteiger partial charge in [-0.25, -0.2) is 14.6 Å². The van der Waals surface area contributed by atoms with Crippen LogP contribution in [0.5, 0.6) is 0 Å². The van der Waals surface area contributed by atoms with Crippen molar-refractivity contribution in [2.45, 2.75) is 26.8 Å². The van der Waals surface area contributed by atoms with E-state index in [1.54, 1.807) is 35.3 Å². The number of aromatic nitrogens is 4. The molecule has 1 saturated heterocycles. The number of hydrogen-bond donors (Lipinski definition) is 2. The van der Waals surface area contributed by atoms with Crippen molar-refractivity contribution in [3.05, 3.63) is 41.9 Å². The number of carbonyl (C=O) groups is 2. The molecule has 0 bridgehead atoms. The molecule has 4 heterocycles. The maximum absolute atomic E-state index is 13.2. The van der Waals surface area contributed by atoms with Gasteiger partial charge in [-0.2, -0.15) is 5.10 Å². The van der Waals surface area contributed by atoms with Crippen LogP contribution in [-0.2, 0) is 4.79 Å². The number of aryl methyl sites for hydroxylation is 1. The van der Waals surface area contributed by atoms with Crippen LogP contribution in [0.1, 0.15) is 35.9 Å². The Morgan fingerprint density at radius 2 is 2.17 bits per heavy atom. The van der Waals surface area contributed by atoms with Gasteiger partial charge >= 0.3 is 0 Å². The van der Waals surface area contributed by atoms with Gasteiger partial charge in [0, 0.05) is 31.0 Å². The van der Waals surface area contributed by atoms with E-state index in [0.717, 1.165) is 5.69 Å². The summed E-state index contributed by atoms with van der Waals surface area (Å²) < 4.78 is 1.81. The lowest BCUT2D eigenvalue weighted by molar-refractivity contribution is -0.120. The molecule has 0 unspecified atom stereocenters. The van der Waals surface area contributed by atoms with Gasteiger partial charge in [-0.15, -0.1) is 0 Å². The standard InChI is InChI=1S/C20H23N7O2/c1-12(2)27-18-15(10-23-27)14(9-13(3)24-18)20(29)25-16-5-4-6-22-19(16)26-8-7-21-17(28)11-26/h4-6,9-10,12H,7-8,11H2,1-3H3,(H,21,28)(H,25,29). The fourth-order valence-electron chi connectivity index (χ4n) is 3.46. The van der Waals surface area contributed by atoms with E-state index in [1.807, 2.05) is 25.7 Å². The molecule has 0 aromatic carbocycles. The molecule has 0 spiro atoms. The summed E-state index contributed by atoms with van der Waals surface area (Å²) in [7, 11) is 0. The van der Waals surface area contributed by atoms with Crippen molar-refractivity contribution in [1.29, 1.82) is 0 Å². The van der Waals surface area contributed by atoms with Gasteiger partial charge in [0.1, 0.15) is 0 Å². The molecule has 2 N–H and O–H groups in total. The number of anilines is 2. The normalized spacial score (nSPS) is 14.3. The van der Waals surface area contributed by atoms with Gasteiger partial charge in [0.05, 0.1) is 29.4 Å². The molecule has 4 rings (SSSR count). The van der Waals surface area contributed by atoms with E-state index in [2.05, 4.69) is 25.7 Å². The van der Waals surface area contributed by atoms with Crippen LogP contribution in [0.2, 0.25) is 0 Å². The van der Waals surface area contributed by atoms with Crippen LogP contribution >= 0.6 is 0 Å². The average Bonchev–Trinajstić information content (AvgIpc) is 3.11. The second kappa shape index (κ2) is 7.50. The first-order chi connectivity index (χ1) is 13.9. The number of carbonyl (C=O) groups excluding carboxylic acids is 2. The summed E-state index contributed by atoms with van der Waals surface area (Å²) in [5, 5.41) is 10.8. The van der Waals surface area contributed by atoms with Crippen LogP contribution in [0.4, 0.5) is 11.5 Å². The summed E-state index contributed by atoms with van der Waals surface area (Å²) >= 11 is 0. The minimum absolute atomic E-state index is 0.0632. The second-order valence-corrected chi connectivity index (χ2v) is 7.33. The zero-order valence-corrected chi connectivity index (χ0v) is 16.6. The van der Waals surface area contributed by atoms with Crippen molar-refractivity contribution in [3.63, 3.8) is 0 Å². The number of rotatable bonds is 4. The quantitative estimate of drug-likeness (QED) is 0.701. The summed E-state index contributed by atoms with van der Waals surface area (Å²) in [6.45, 7) is 7.28. The second-order valence-electron chi connectivity index (χ2n) is 7.33. The summed E-state index contributed by atoms with van der Waals surface area (Å²) in [6.07, 6.45) is 3.33. The molecule has 0 saturated carbocycles. The smallest absolute Gasteiger partial charge is 0.256 e. The van der Waals surface area contributed by atoms with Gasteiger partial charge in [0.2, 0.25) is 5.91 Å². The van der Waals surface area contributed by atoms with E-state index in [9.17, 15) is 9.59 Å². The van der Waals surface area contributed by atoms with Crippen LogP contribution in [-0.4, -0.2) is 51.2 Å². The largest absolute Gasteiger partial charge is 0.353 e. The van der Waals surface area contributed by atoms with E-state index < -0.39 is 0 Å². The summed E-state index contributed by atoms with van der Waals surface area (Å²) in [5.74, 6) is 0.252. The summed E-state index contributed by atoms with van der Waals surface area (Å²) in [5.41, 5.74) is 2.49. The van der Waals surface area contributed by atoms with Gasteiger partial charge < -0.3 is 15.5 Å². The number of fused-ring (bicyclic) bond motifs is 1. The molecule has 2 amide bonds. The molecule has 1 fully saturated rings. The van der Waals surface area contributed by atoms with Crippen LogP contribution < -0.4 is 15.5 Å². The Labute approximate surface area is 168 Å². The number of piperazine rings is 1.